The van der Waals surface area contributed by atoms with Crippen LogP contribution in [-0.2, 0) is 0 Å². The summed E-state index contributed by atoms with van der Waals surface area (Å²) in [4.78, 5) is 78.1. The maximum absolute atomic E-state index is 13.0. The molecule has 3 heterocycles. The van der Waals surface area contributed by atoms with Crippen LogP contribution >= 0.6 is 0 Å². The molecule has 6 aromatic rings. The maximum atomic E-state index is 13.0. The second kappa shape index (κ2) is 16.8. The Morgan fingerprint density at radius 2 is 0.755 bits per heavy atom. The van der Waals surface area contributed by atoms with Crippen LogP contribution in [0.4, 0.5) is 0 Å². The SMILES string of the molecule is O=C(NCCN(CCNC(=O)c1cc2ccccc2c(=O)n1[O-])CCNC(=O)c1cc2ccccc2c(=O)n1[O-])c1cc2ccccc2c(=O)n1[O-].[Lu+3]. The first kappa shape index (κ1) is 38.5. The zero-order valence-electron chi connectivity index (χ0n) is 27.6. The van der Waals surface area contributed by atoms with E-state index >= 15 is 0 Å². The number of carbonyl (C=O) groups excluding carboxylic acids is 3. The van der Waals surface area contributed by atoms with E-state index in [-0.39, 0.29) is 106 Å². The molecule has 278 valence electrons. The molecule has 0 unspecified atom stereocenters. The molecule has 0 aliphatic heterocycles. The van der Waals surface area contributed by atoms with Gasteiger partial charge in [-0.1, -0.05) is 54.6 Å². The zero-order chi connectivity index (χ0) is 36.9. The van der Waals surface area contributed by atoms with Crippen LogP contribution in [0.1, 0.15) is 31.5 Å². The van der Waals surface area contributed by atoms with Crippen molar-refractivity contribution >= 4 is 50.0 Å². The molecule has 0 aliphatic rings. The van der Waals surface area contributed by atoms with Gasteiger partial charge in [0.15, 0.2) is 0 Å². The third-order valence-corrected chi connectivity index (χ3v) is 8.50. The number of pyridine rings is 3. The molecule has 3 amide bonds. The average Bonchev–Trinajstić information content (AvgIpc) is 3.15. The topological polar surface area (TPSA) is 226 Å². The molecule has 0 saturated heterocycles. The minimum Gasteiger partial charge on any atom is -0.803 e. The molecule has 0 spiro atoms. The van der Waals surface area contributed by atoms with Crippen molar-refractivity contribution < 1.29 is 51.3 Å². The predicted molar refractivity (Wildman–Crippen MR) is 194 cm³/mol. The van der Waals surface area contributed by atoms with Gasteiger partial charge in [-0.25, -0.2) is 0 Å². The van der Waals surface area contributed by atoms with Crippen molar-refractivity contribution in [1.29, 1.82) is 0 Å². The normalized spacial score (nSPS) is 11.0. The Morgan fingerprint density at radius 1 is 0.491 bits per heavy atom. The van der Waals surface area contributed by atoms with Gasteiger partial charge < -0.3 is 45.8 Å². The predicted octanol–water partition coefficient (Wildman–Crippen LogP) is 1.56. The molecule has 6 rings (SSSR count). The van der Waals surface area contributed by atoms with Crippen LogP contribution in [0, 0.1) is 52.5 Å². The summed E-state index contributed by atoms with van der Waals surface area (Å²) in [7, 11) is 0. The minimum absolute atomic E-state index is 0. The summed E-state index contributed by atoms with van der Waals surface area (Å²) in [5, 5.41) is 47.3. The largest absolute Gasteiger partial charge is 3.00 e. The first-order chi connectivity index (χ1) is 25.0. The molecule has 0 saturated carbocycles. The number of hydrogen-bond donors (Lipinski definition) is 3. The Morgan fingerprint density at radius 3 is 1.04 bits per heavy atom. The van der Waals surface area contributed by atoms with Gasteiger partial charge in [0.2, 0.25) is 0 Å². The zero-order valence-corrected chi connectivity index (χ0v) is 29.3. The van der Waals surface area contributed by atoms with E-state index in [1.54, 1.807) is 59.5 Å². The second-order valence-electron chi connectivity index (χ2n) is 11.8. The van der Waals surface area contributed by atoms with Crippen LogP contribution < -0.4 is 32.6 Å². The van der Waals surface area contributed by atoms with Gasteiger partial charge in [-0.15, -0.1) is 0 Å². The molecular formula is C36H30LuN7O9. The Labute approximate surface area is 328 Å². The Bertz CT molecular complexity index is 2270. The van der Waals surface area contributed by atoms with Crippen LogP contribution in [0.15, 0.2) is 105 Å². The van der Waals surface area contributed by atoms with E-state index in [9.17, 15) is 44.4 Å². The first-order valence-corrected chi connectivity index (χ1v) is 16.1. The molecule has 17 heteroatoms. The van der Waals surface area contributed by atoms with Gasteiger partial charge >= 0.3 is 36.9 Å². The summed E-state index contributed by atoms with van der Waals surface area (Å²) < 4.78 is 0.0574. The molecule has 3 N–H and O–H groups in total. The van der Waals surface area contributed by atoms with Crippen molar-refractivity contribution in [3.63, 3.8) is 0 Å². The molecular weight excluding hydrogens is 849 g/mol. The van der Waals surface area contributed by atoms with Gasteiger partial charge in [-0.05, 0) is 52.6 Å². The summed E-state index contributed by atoms with van der Waals surface area (Å²) in [6.45, 7) is 0.280. The smallest absolute Gasteiger partial charge is 0.803 e. The molecule has 3 aromatic carbocycles. The van der Waals surface area contributed by atoms with Crippen LogP contribution in [-0.4, -0.2) is 76.1 Å². The first-order valence-electron chi connectivity index (χ1n) is 16.1. The van der Waals surface area contributed by atoms with Gasteiger partial charge in [-0.2, -0.15) is 0 Å². The van der Waals surface area contributed by atoms with Crippen molar-refractivity contribution in [3.05, 3.63) is 155 Å². The number of aromatic nitrogens is 3. The maximum Gasteiger partial charge on any atom is 3.00 e. The van der Waals surface area contributed by atoms with Crippen molar-refractivity contribution in [2.75, 3.05) is 39.3 Å². The van der Waals surface area contributed by atoms with Crippen molar-refractivity contribution in [3.8, 4) is 0 Å². The van der Waals surface area contributed by atoms with Gasteiger partial charge in [-0.3, -0.25) is 33.7 Å². The van der Waals surface area contributed by atoms with Gasteiger partial charge in [0, 0.05) is 55.4 Å². The molecule has 0 fully saturated rings. The van der Waals surface area contributed by atoms with Crippen molar-refractivity contribution in [2.45, 2.75) is 0 Å². The molecule has 16 nitrogen and oxygen atoms in total. The molecule has 0 radical (unpaired) electrons. The molecule has 0 atom stereocenters. The second-order valence-corrected chi connectivity index (χ2v) is 11.8. The fourth-order valence-electron chi connectivity index (χ4n) is 5.79. The van der Waals surface area contributed by atoms with Crippen LogP contribution in [0.25, 0.3) is 32.3 Å². The minimum atomic E-state index is -0.874. The van der Waals surface area contributed by atoms with Crippen LogP contribution in [0.5, 0.6) is 0 Å². The third-order valence-electron chi connectivity index (χ3n) is 8.50. The van der Waals surface area contributed by atoms with E-state index < -0.39 is 51.5 Å². The van der Waals surface area contributed by atoms with Gasteiger partial charge in [0.25, 0.3) is 34.4 Å². The quantitative estimate of drug-likeness (QED) is 0.161. The summed E-state index contributed by atoms with van der Waals surface area (Å²) in [5.41, 5.74) is -3.81. The molecule has 53 heavy (non-hydrogen) atoms. The number of amides is 3. The van der Waals surface area contributed by atoms with E-state index in [1.165, 1.54) is 36.4 Å². The van der Waals surface area contributed by atoms with Crippen molar-refractivity contribution in [2.24, 2.45) is 0 Å². The number of nitrogens with zero attached hydrogens (tertiary/aromatic N) is 4. The monoisotopic (exact) mass is 879 g/mol. The Kier molecular flexibility index (Phi) is 12.2. The van der Waals surface area contributed by atoms with E-state index in [2.05, 4.69) is 16.0 Å². The molecule has 3 aromatic heterocycles. The fourth-order valence-corrected chi connectivity index (χ4v) is 5.79. The van der Waals surface area contributed by atoms with Gasteiger partial charge in [0.1, 0.15) is 17.1 Å². The van der Waals surface area contributed by atoms with E-state index in [0.717, 1.165) is 0 Å². The third kappa shape index (κ3) is 8.19. The number of benzene rings is 3. The molecule has 0 bridgehead atoms. The molecule has 0 aliphatic carbocycles. The van der Waals surface area contributed by atoms with Crippen LogP contribution in [0.2, 0.25) is 0 Å². The average molecular weight is 880 g/mol. The van der Waals surface area contributed by atoms with Gasteiger partial charge in [0.05, 0.1) is 0 Å². The van der Waals surface area contributed by atoms with E-state index in [4.69, 9.17) is 0 Å². The Balaban J connectivity index is 0.00000541. The fraction of sp³-hybridized carbons (Fsp3) is 0.167. The standard InChI is InChI=1S/C36H30N7O9.Lu/c44-31(28-19-22-7-1-4-10-25(22)34(47)41(28)50)37-13-16-40(17-14-38-32(45)29-20-23-8-2-5-11-26(23)35(48)42(29)51)18-15-39-33(46)30-21-24-9-3-6-12-27(24)36(49)43(30)52;/h1-12,19-21H,13-18H2,(H,37,44)(H,38,45)(H,39,46);/q-3;+3. The summed E-state index contributed by atoms with van der Waals surface area (Å²) >= 11 is 0. The number of carbonyl (C=O) groups is 3. The number of nitrogens with one attached hydrogen (secondary N) is 3. The summed E-state index contributed by atoms with van der Waals surface area (Å²) in [6.07, 6.45) is 0. The summed E-state index contributed by atoms with van der Waals surface area (Å²) in [6, 6.07) is 23.0. The van der Waals surface area contributed by atoms with E-state index in [0.29, 0.717) is 16.2 Å². The Hall–Kier alpha value is -5.71. The number of fused-ring (bicyclic) bond motifs is 3. The number of rotatable bonds is 12. The van der Waals surface area contributed by atoms with E-state index in [1.807, 2.05) is 0 Å². The van der Waals surface area contributed by atoms with Crippen molar-refractivity contribution in [1.82, 2.24) is 35.0 Å². The summed E-state index contributed by atoms with van der Waals surface area (Å²) in [5.74, 6) is -2.39. The van der Waals surface area contributed by atoms with Crippen LogP contribution in [0.3, 0.4) is 0 Å². The number of hydrogen-bond acceptors (Lipinski definition) is 10.